The Balaban J connectivity index is 2.85. The van der Waals surface area contributed by atoms with Gasteiger partial charge in [-0.1, -0.05) is 6.92 Å². The highest BCUT2D eigenvalue weighted by molar-refractivity contribution is 9.10. The zero-order valence-corrected chi connectivity index (χ0v) is 9.56. The Labute approximate surface area is 86.6 Å². The lowest BCUT2D eigenvalue weighted by molar-refractivity contribution is 0.656. The summed E-state index contributed by atoms with van der Waals surface area (Å²) < 4.78 is 3.02. The molecule has 0 aliphatic carbocycles. The molecule has 0 fully saturated rings. The molecule has 0 amide bonds. The monoisotopic (exact) mass is 246 g/mol. The molecule has 0 bridgehead atoms. The standard InChI is InChI=1S/C8H15BrN4/c1-3-6-8(9)7(4-5-11-10)13(2)12-6/h11H,3-5,10H2,1-2H3. The van der Waals surface area contributed by atoms with Gasteiger partial charge in [0, 0.05) is 20.0 Å². The molecule has 0 unspecified atom stereocenters. The first-order valence-electron chi connectivity index (χ1n) is 4.34. The molecular weight excluding hydrogens is 232 g/mol. The maximum absolute atomic E-state index is 5.22. The van der Waals surface area contributed by atoms with Crippen LogP contribution in [0.3, 0.4) is 0 Å². The van der Waals surface area contributed by atoms with Gasteiger partial charge in [0.05, 0.1) is 15.9 Å². The van der Waals surface area contributed by atoms with Gasteiger partial charge in [-0.25, -0.2) is 0 Å². The molecule has 1 rings (SSSR count). The number of aromatic nitrogens is 2. The Morgan fingerprint density at radius 1 is 1.62 bits per heavy atom. The van der Waals surface area contributed by atoms with Gasteiger partial charge in [0.1, 0.15) is 0 Å². The first-order chi connectivity index (χ1) is 6.20. The van der Waals surface area contributed by atoms with E-state index in [1.165, 1.54) is 5.69 Å². The van der Waals surface area contributed by atoms with Crippen molar-refractivity contribution in [1.82, 2.24) is 15.2 Å². The largest absolute Gasteiger partial charge is 0.271 e. The second-order valence-electron chi connectivity index (χ2n) is 2.89. The van der Waals surface area contributed by atoms with Crippen LogP contribution in [0.2, 0.25) is 0 Å². The van der Waals surface area contributed by atoms with Gasteiger partial charge in [-0.15, -0.1) is 0 Å². The Kier molecular flexibility index (Phi) is 3.90. The summed E-state index contributed by atoms with van der Waals surface area (Å²) in [5, 5.41) is 4.38. The van der Waals surface area contributed by atoms with Gasteiger partial charge in [-0.05, 0) is 22.4 Å². The van der Waals surface area contributed by atoms with Gasteiger partial charge in [-0.2, -0.15) is 5.10 Å². The highest BCUT2D eigenvalue weighted by atomic mass is 79.9. The average Bonchev–Trinajstić information content (AvgIpc) is 2.39. The third-order valence-electron chi connectivity index (χ3n) is 2.01. The lowest BCUT2D eigenvalue weighted by atomic mass is 10.2. The van der Waals surface area contributed by atoms with E-state index in [0.29, 0.717) is 0 Å². The molecule has 0 aromatic carbocycles. The Morgan fingerprint density at radius 3 is 2.77 bits per heavy atom. The Bertz CT molecular complexity index is 282. The van der Waals surface area contributed by atoms with Crippen molar-refractivity contribution in [3.63, 3.8) is 0 Å². The van der Waals surface area contributed by atoms with E-state index in [-0.39, 0.29) is 0 Å². The van der Waals surface area contributed by atoms with Crippen molar-refractivity contribution in [1.29, 1.82) is 0 Å². The van der Waals surface area contributed by atoms with Crippen molar-refractivity contribution in [3.05, 3.63) is 15.9 Å². The van der Waals surface area contributed by atoms with E-state index in [1.807, 2.05) is 11.7 Å². The number of rotatable bonds is 4. The molecule has 4 nitrogen and oxygen atoms in total. The van der Waals surface area contributed by atoms with Gasteiger partial charge >= 0.3 is 0 Å². The number of nitrogens with one attached hydrogen (secondary N) is 1. The number of hydrazine groups is 1. The molecule has 0 saturated carbocycles. The van der Waals surface area contributed by atoms with Crippen molar-refractivity contribution in [2.75, 3.05) is 6.54 Å². The second-order valence-corrected chi connectivity index (χ2v) is 3.68. The summed E-state index contributed by atoms with van der Waals surface area (Å²) in [5.74, 6) is 5.22. The molecule has 0 atom stereocenters. The number of nitrogens with zero attached hydrogens (tertiary/aromatic N) is 2. The normalized spacial score (nSPS) is 10.8. The molecule has 74 valence electrons. The van der Waals surface area contributed by atoms with Crippen LogP contribution in [0, 0.1) is 0 Å². The summed E-state index contributed by atoms with van der Waals surface area (Å²) >= 11 is 3.54. The summed E-state index contributed by atoms with van der Waals surface area (Å²) in [5.41, 5.74) is 4.93. The van der Waals surface area contributed by atoms with Crippen LogP contribution in [0.25, 0.3) is 0 Å². The van der Waals surface area contributed by atoms with E-state index in [2.05, 4.69) is 33.4 Å². The topological polar surface area (TPSA) is 55.9 Å². The minimum Gasteiger partial charge on any atom is -0.271 e. The number of hydrogen-bond donors (Lipinski definition) is 2. The Morgan fingerprint density at radius 2 is 2.31 bits per heavy atom. The molecule has 3 N–H and O–H groups in total. The fourth-order valence-corrected chi connectivity index (χ4v) is 2.10. The van der Waals surface area contributed by atoms with Crippen LogP contribution in [0.4, 0.5) is 0 Å². The first kappa shape index (κ1) is 10.7. The zero-order chi connectivity index (χ0) is 9.84. The molecule has 1 aromatic rings. The number of nitrogens with two attached hydrogens (primary N) is 1. The minimum atomic E-state index is 0.765. The first-order valence-corrected chi connectivity index (χ1v) is 5.13. The predicted octanol–water partition coefficient (Wildman–Crippen LogP) is 0.751. The van der Waals surface area contributed by atoms with Gasteiger partial charge in [0.25, 0.3) is 0 Å². The van der Waals surface area contributed by atoms with E-state index in [4.69, 9.17) is 5.84 Å². The van der Waals surface area contributed by atoms with Crippen LogP contribution >= 0.6 is 15.9 Å². The molecule has 1 aromatic heterocycles. The van der Waals surface area contributed by atoms with Crippen molar-refractivity contribution in [2.45, 2.75) is 19.8 Å². The highest BCUT2D eigenvalue weighted by Gasteiger charge is 2.11. The summed E-state index contributed by atoms with van der Waals surface area (Å²) in [6, 6.07) is 0. The van der Waals surface area contributed by atoms with Gasteiger partial charge < -0.3 is 0 Å². The van der Waals surface area contributed by atoms with Crippen LogP contribution in [0.15, 0.2) is 4.47 Å². The van der Waals surface area contributed by atoms with Crippen molar-refractivity contribution >= 4 is 15.9 Å². The highest BCUT2D eigenvalue weighted by Crippen LogP contribution is 2.21. The summed E-state index contributed by atoms with van der Waals surface area (Å²) in [6.45, 7) is 2.86. The van der Waals surface area contributed by atoms with Crippen molar-refractivity contribution < 1.29 is 0 Å². The van der Waals surface area contributed by atoms with Crippen LogP contribution in [-0.2, 0) is 19.9 Å². The van der Waals surface area contributed by atoms with E-state index in [1.54, 1.807) is 0 Å². The fraction of sp³-hybridized carbons (Fsp3) is 0.625. The van der Waals surface area contributed by atoms with Crippen molar-refractivity contribution in [3.8, 4) is 0 Å². The van der Waals surface area contributed by atoms with Crippen LogP contribution in [0.1, 0.15) is 18.3 Å². The number of halogens is 1. The van der Waals surface area contributed by atoms with E-state index >= 15 is 0 Å². The maximum atomic E-state index is 5.22. The third kappa shape index (κ3) is 2.30. The van der Waals surface area contributed by atoms with Crippen LogP contribution < -0.4 is 11.3 Å². The van der Waals surface area contributed by atoms with Crippen molar-refractivity contribution in [2.24, 2.45) is 12.9 Å². The van der Waals surface area contributed by atoms with Crippen LogP contribution in [-0.4, -0.2) is 16.3 Å². The summed E-state index contributed by atoms with van der Waals surface area (Å²) in [7, 11) is 1.95. The quantitative estimate of drug-likeness (QED) is 0.609. The van der Waals surface area contributed by atoms with Gasteiger partial charge in [0.15, 0.2) is 0 Å². The molecule has 0 saturated heterocycles. The molecular formula is C8H15BrN4. The molecule has 5 heteroatoms. The predicted molar refractivity (Wildman–Crippen MR) is 56.2 cm³/mol. The summed E-state index contributed by atoms with van der Waals surface area (Å²) in [6.07, 6.45) is 1.84. The molecule has 0 spiro atoms. The molecule has 1 heterocycles. The Hall–Kier alpha value is -0.390. The smallest absolute Gasteiger partial charge is 0.0766 e. The van der Waals surface area contributed by atoms with Crippen LogP contribution in [0.5, 0.6) is 0 Å². The molecule has 0 aliphatic heterocycles. The zero-order valence-electron chi connectivity index (χ0n) is 7.97. The maximum Gasteiger partial charge on any atom is 0.0766 e. The van der Waals surface area contributed by atoms with E-state index in [0.717, 1.165) is 29.6 Å². The SMILES string of the molecule is CCc1nn(C)c(CCNN)c1Br. The average molecular weight is 247 g/mol. The molecule has 0 aliphatic rings. The summed E-state index contributed by atoms with van der Waals surface area (Å²) in [4.78, 5) is 0. The lowest BCUT2D eigenvalue weighted by Crippen LogP contribution is -2.25. The number of hydrogen-bond acceptors (Lipinski definition) is 3. The minimum absolute atomic E-state index is 0.765. The van der Waals surface area contributed by atoms with E-state index < -0.39 is 0 Å². The van der Waals surface area contributed by atoms with E-state index in [9.17, 15) is 0 Å². The van der Waals surface area contributed by atoms with Gasteiger partial charge in [0.2, 0.25) is 0 Å². The van der Waals surface area contributed by atoms with Gasteiger partial charge in [-0.3, -0.25) is 16.0 Å². The second kappa shape index (κ2) is 4.74. The lowest BCUT2D eigenvalue weighted by Gasteiger charge is -2.01. The molecule has 0 radical (unpaired) electrons. The molecule has 13 heavy (non-hydrogen) atoms. The fourth-order valence-electron chi connectivity index (χ4n) is 1.28. The third-order valence-corrected chi connectivity index (χ3v) is 2.92. The number of aryl methyl sites for hydroxylation is 2.